The molecule has 2 saturated carbocycles. The van der Waals surface area contributed by atoms with E-state index in [9.17, 15) is 14.4 Å². The molecule has 0 aliphatic heterocycles. The predicted molar refractivity (Wildman–Crippen MR) is 114 cm³/mol. The van der Waals surface area contributed by atoms with Gasteiger partial charge >= 0.3 is 0 Å². The van der Waals surface area contributed by atoms with Gasteiger partial charge in [-0.2, -0.15) is 0 Å². The zero-order valence-corrected chi connectivity index (χ0v) is 17.8. The topological polar surface area (TPSA) is 63.2 Å². The summed E-state index contributed by atoms with van der Waals surface area (Å²) in [6.45, 7) is 6.32. The van der Waals surface area contributed by atoms with Crippen LogP contribution in [0.4, 0.5) is 0 Å². The first-order chi connectivity index (χ1) is 13.9. The van der Waals surface area contributed by atoms with Crippen molar-refractivity contribution in [1.82, 2.24) is 5.32 Å². The summed E-state index contributed by atoms with van der Waals surface area (Å²) < 4.78 is 0. The lowest BCUT2D eigenvalue weighted by Gasteiger charge is -2.22. The number of ketones is 2. The second kappa shape index (κ2) is 9.39. The van der Waals surface area contributed by atoms with Crippen LogP contribution in [0.5, 0.6) is 0 Å². The number of hydrogen-bond donors (Lipinski definition) is 1. The number of amides is 1. The maximum Gasteiger partial charge on any atom is 0.220 e. The Morgan fingerprint density at radius 3 is 2.38 bits per heavy atom. The molecule has 1 N–H and O–H groups in total. The predicted octanol–water partition coefficient (Wildman–Crippen LogP) is 4.00. The van der Waals surface area contributed by atoms with Crippen LogP contribution in [0.2, 0.25) is 0 Å². The van der Waals surface area contributed by atoms with E-state index < -0.39 is 11.8 Å². The van der Waals surface area contributed by atoms with Crippen LogP contribution in [-0.4, -0.2) is 24.0 Å². The Morgan fingerprint density at radius 1 is 1.10 bits per heavy atom. The normalized spacial score (nSPS) is 22.3. The van der Waals surface area contributed by atoms with Crippen LogP contribution in [0, 0.1) is 37.5 Å². The third kappa shape index (κ3) is 4.96. The molecule has 1 aromatic rings. The molecule has 4 nitrogen and oxygen atoms in total. The molecule has 4 heteroatoms. The molecule has 2 unspecified atom stereocenters. The van der Waals surface area contributed by atoms with Gasteiger partial charge in [-0.1, -0.05) is 25.2 Å². The van der Waals surface area contributed by atoms with E-state index >= 15 is 0 Å². The highest BCUT2D eigenvalue weighted by atomic mass is 16.2. The minimum atomic E-state index is -0.741. The molecule has 29 heavy (non-hydrogen) atoms. The Bertz CT molecular complexity index is 845. The molecule has 0 spiro atoms. The van der Waals surface area contributed by atoms with Crippen molar-refractivity contribution >= 4 is 17.5 Å². The van der Waals surface area contributed by atoms with Crippen molar-refractivity contribution < 1.29 is 14.4 Å². The van der Waals surface area contributed by atoms with E-state index in [4.69, 9.17) is 0 Å². The number of carbonyl (C=O) groups excluding carboxylic acids is 3. The van der Waals surface area contributed by atoms with Crippen molar-refractivity contribution in [2.45, 2.75) is 71.6 Å². The third-order valence-corrected chi connectivity index (χ3v) is 6.35. The molecule has 2 atom stereocenters. The number of carbonyl (C=O) groups is 3. The Hall–Kier alpha value is -2.41. The molecule has 0 saturated heterocycles. The van der Waals surface area contributed by atoms with Crippen LogP contribution < -0.4 is 5.32 Å². The summed E-state index contributed by atoms with van der Waals surface area (Å²) in [5, 5.41) is 3.00. The van der Waals surface area contributed by atoms with Crippen molar-refractivity contribution in [2.24, 2.45) is 11.8 Å². The maximum absolute atomic E-state index is 13.0. The number of benzene rings is 1. The lowest BCUT2D eigenvalue weighted by atomic mass is 9.86. The van der Waals surface area contributed by atoms with Crippen LogP contribution in [-0.2, 0) is 14.4 Å². The molecule has 2 aliphatic rings. The number of Topliss-reactive ketones (excluding diaryl/α,β-unsaturated/α-hetero) is 2. The van der Waals surface area contributed by atoms with Crippen molar-refractivity contribution in [3.05, 3.63) is 34.4 Å². The summed E-state index contributed by atoms with van der Waals surface area (Å²) >= 11 is 0. The SMILES string of the molecule is CC#Cc1cc(C)c(C2C(=O)CC(CC(=O)NCC3CCCCC3)C2=O)c(C)c1. The fraction of sp³-hybridized carbons (Fsp3) is 0.560. The second-order valence-electron chi connectivity index (χ2n) is 8.61. The fourth-order valence-electron chi connectivity index (χ4n) is 4.92. The summed E-state index contributed by atoms with van der Waals surface area (Å²) in [6.07, 6.45) is 6.37. The van der Waals surface area contributed by atoms with Crippen molar-refractivity contribution in [3.8, 4) is 11.8 Å². The molecule has 1 aromatic carbocycles. The van der Waals surface area contributed by atoms with Gasteiger partial charge in [0.2, 0.25) is 5.91 Å². The molecule has 0 bridgehead atoms. The monoisotopic (exact) mass is 393 g/mol. The molecule has 2 fully saturated rings. The van der Waals surface area contributed by atoms with Gasteiger partial charge in [-0.3, -0.25) is 14.4 Å². The maximum atomic E-state index is 13.0. The summed E-state index contributed by atoms with van der Waals surface area (Å²) in [6, 6.07) is 3.87. The number of hydrogen-bond acceptors (Lipinski definition) is 3. The van der Waals surface area contributed by atoms with Crippen LogP contribution in [0.3, 0.4) is 0 Å². The van der Waals surface area contributed by atoms with Crippen LogP contribution >= 0.6 is 0 Å². The standard InChI is InChI=1S/C25H31NO3/c1-4-8-19-11-16(2)23(17(3)12-19)24-21(27)13-20(25(24)29)14-22(28)26-15-18-9-6-5-7-10-18/h11-12,18,20,24H,5-7,9-10,13-15H2,1-3H3,(H,26,28). The smallest absolute Gasteiger partial charge is 0.220 e. The number of rotatable bonds is 5. The zero-order chi connectivity index (χ0) is 21.0. The first-order valence-electron chi connectivity index (χ1n) is 10.8. The van der Waals surface area contributed by atoms with Crippen molar-refractivity contribution in [1.29, 1.82) is 0 Å². The van der Waals surface area contributed by atoms with Gasteiger partial charge in [0.1, 0.15) is 11.7 Å². The van der Waals surface area contributed by atoms with Gasteiger partial charge < -0.3 is 5.32 Å². The van der Waals surface area contributed by atoms with E-state index in [1.807, 2.05) is 26.0 Å². The van der Waals surface area contributed by atoms with Crippen LogP contribution in [0.25, 0.3) is 0 Å². The molecule has 0 aromatic heterocycles. The fourth-order valence-corrected chi connectivity index (χ4v) is 4.92. The molecule has 0 radical (unpaired) electrons. The summed E-state index contributed by atoms with van der Waals surface area (Å²) in [4.78, 5) is 38.2. The van der Waals surface area contributed by atoms with Gasteiger partial charge in [0.05, 0.1) is 0 Å². The van der Waals surface area contributed by atoms with E-state index in [-0.39, 0.29) is 30.3 Å². The number of nitrogens with one attached hydrogen (secondary N) is 1. The average molecular weight is 394 g/mol. The first kappa shape index (κ1) is 21.3. The molecule has 154 valence electrons. The zero-order valence-electron chi connectivity index (χ0n) is 17.8. The Kier molecular flexibility index (Phi) is 6.90. The van der Waals surface area contributed by atoms with E-state index in [0.29, 0.717) is 12.5 Å². The van der Waals surface area contributed by atoms with E-state index in [2.05, 4.69) is 17.2 Å². The molecule has 1 amide bonds. The van der Waals surface area contributed by atoms with E-state index in [1.165, 1.54) is 32.1 Å². The lowest BCUT2D eigenvalue weighted by molar-refractivity contribution is -0.128. The summed E-state index contributed by atoms with van der Waals surface area (Å²) in [5.74, 6) is 4.93. The minimum absolute atomic E-state index is 0.0689. The van der Waals surface area contributed by atoms with Gasteiger partial charge in [-0.15, -0.1) is 5.92 Å². The summed E-state index contributed by atoms with van der Waals surface area (Å²) in [7, 11) is 0. The summed E-state index contributed by atoms with van der Waals surface area (Å²) in [5.41, 5.74) is 3.52. The van der Waals surface area contributed by atoms with Gasteiger partial charge in [0.25, 0.3) is 0 Å². The van der Waals surface area contributed by atoms with E-state index in [0.717, 1.165) is 22.3 Å². The molecule has 2 aliphatic carbocycles. The van der Waals surface area contributed by atoms with Gasteiger partial charge in [0.15, 0.2) is 5.78 Å². The van der Waals surface area contributed by atoms with Crippen LogP contribution in [0.15, 0.2) is 12.1 Å². The molecular formula is C25H31NO3. The first-order valence-corrected chi connectivity index (χ1v) is 10.8. The Labute approximate surface area is 173 Å². The van der Waals surface area contributed by atoms with Crippen molar-refractivity contribution in [2.75, 3.05) is 6.54 Å². The Balaban J connectivity index is 1.66. The lowest BCUT2D eigenvalue weighted by Crippen LogP contribution is -2.32. The quantitative estimate of drug-likeness (QED) is 0.607. The van der Waals surface area contributed by atoms with E-state index in [1.54, 1.807) is 6.92 Å². The van der Waals surface area contributed by atoms with Crippen LogP contribution in [0.1, 0.15) is 80.0 Å². The highest BCUT2D eigenvalue weighted by Gasteiger charge is 2.43. The third-order valence-electron chi connectivity index (χ3n) is 6.35. The highest BCUT2D eigenvalue weighted by molar-refractivity contribution is 6.15. The van der Waals surface area contributed by atoms with Gasteiger partial charge in [-0.25, -0.2) is 0 Å². The number of aryl methyl sites for hydroxylation is 2. The average Bonchev–Trinajstić information content (AvgIpc) is 2.95. The second-order valence-corrected chi connectivity index (χ2v) is 8.61. The van der Waals surface area contributed by atoms with Gasteiger partial charge in [-0.05, 0) is 68.4 Å². The largest absolute Gasteiger partial charge is 0.356 e. The molecular weight excluding hydrogens is 362 g/mol. The Morgan fingerprint density at radius 2 is 1.76 bits per heavy atom. The minimum Gasteiger partial charge on any atom is -0.356 e. The molecule has 3 rings (SSSR count). The van der Waals surface area contributed by atoms with Crippen molar-refractivity contribution in [3.63, 3.8) is 0 Å². The molecule has 0 heterocycles. The van der Waals surface area contributed by atoms with Gasteiger partial charge in [0, 0.05) is 30.9 Å². The highest BCUT2D eigenvalue weighted by Crippen LogP contribution is 2.37.